The third kappa shape index (κ3) is 4.20. The molecule has 10 heteroatoms. The lowest BCUT2D eigenvalue weighted by molar-refractivity contribution is -0.114. The summed E-state index contributed by atoms with van der Waals surface area (Å²) in [5, 5.41) is 0. The maximum atomic E-state index is 14.9. The number of carbonyl (C=O) groups is 1. The smallest absolute Gasteiger partial charge is 0.283 e. The van der Waals surface area contributed by atoms with Crippen molar-refractivity contribution >= 4 is 11.8 Å². The number of hydrogen-bond donors (Lipinski definition) is 1. The van der Waals surface area contributed by atoms with Crippen molar-refractivity contribution in [1.82, 2.24) is 9.97 Å². The van der Waals surface area contributed by atoms with Crippen LogP contribution in [0.3, 0.4) is 0 Å². The fraction of sp³-hybridized carbons (Fsp3) is 0.429. The van der Waals surface area contributed by atoms with Gasteiger partial charge in [0.05, 0.1) is 12.4 Å². The Balaban J connectivity index is 1.61. The molecule has 2 aromatic rings. The van der Waals surface area contributed by atoms with Gasteiger partial charge in [-0.25, -0.2) is 23.7 Å². The topological polar surface area (TPSA) is 109 Å². The molecule has 3 heterocycles. The van der Waals surface area contributed by atoms with Gasteiger partial charge in [-0.3, -0.25) is 4.79 Å². The SMILES string of the molecule is C[C@]1(c2cc(CC(=O)c3cnc(OCF)cn3)ccc2F)N=C(N)O[C@@H]2CCCO[C@@H]21. The summed E-state index contributed by atoms with van der Waals surface area (Å²) in [6, 6.07) is 4.41. The van der Waals surface area contributed by atoms with E-state index >= 15 is 0 Å². The quantitative estimate of drug-likeness (QED) is 0.699. The molecule has 8 nitrogen and oxygen atoms in total. The van der Waals surface area contributed by atoms with E-state index in [-0.39, 0.29) is 41.5 Å². The number of hydrogen-bond acceptors (Lipinski definition) is 8. The van der Waals surface area contributed by atoms with Crippen LogP contribution in [0, 0.1) is 5.82 Å². The van der Waals surface area contributed by atoms with Crippen molar-refractivity contribution in [2.75, 3.05) is 13.5 Å². The van der Waals surface area contributed by atoms with Crippen molar-refractivity contribution in [1.29, 1.82) is 0 Å². The lowest BCUT2D eigenvalue weighted by Crippen LogP contribution is -2.55. The predicted octanol–water partition coefficient (Wildman–Crippen LogP) is 2.45. The monoisotopic (exact) mass is 432 g/mol. The first-order chi connectivity index (χ1) is 14.9. The lowest BCUT2D eigenvalue weighted by Gasteiger charge is -2.44. The maximum absolute atomic E-state index is 14.9. The highest BCUT2D eigenvalue weighted by Crippen LogP contribution is 2.41. The Bertz CT molecular complexity index is 1000. The Kier molecular flexibility index (Phi) is 5.81. The Morgan fingerprint density at radius 3 is 2.94 bits per heavy atom. The summed E-state index contributed by atoms with van der Waals surface area (Å²) < 4.78 is 43.2. The van der Waals surface area contributed by atoms with E-state index in [9.17, 15) is 13.6 Å². The van der Waals surface area contributed by atoms with E-state index in [2.05, 4.69) is 19.7 Å². The van der Waals surface area contributed by atoms with Gasteiger partial charge in [0.25, 0.3) is 6.02 Å². The normalized spacial score (nSPS) is 25.2. The first-order valence-electron chi connectivity index (χ1n) is 9.87. The molecule has 2 aliphatic heterocycles. The Hall–Kier alpha value is -3.14. The minimum atomic E-state index is -1.10. The van der Waals surface area contributed by atoms with E-state index < -0.39 is 24.3 Å². The number of nitrogens with zero attached hydrogens (tertiary/aromatic N) is 3. The van der Waals surface area contributed by atoms with Gasteiger partial charge in [0.2, 0.25) is 12.7 Å². The second-order valence-corrected chi connectivity index (χ2v) is 7.59. The molecule has 31 heavy (non-hydrogen) atoms. The molecule has 1 aromatic carbocycles. The first kappa shape index (κ1) is 21.1. The lowest BCUT2D eigenvalue weighted by atomic mass is 9.80. The second kappa shape index (κ2) is 8.54. The second-order valence-electron chi connectivity index (χ2n) is 7.59. The van der Waals surface area contributed by atoms with Crippen molar-refractivity contribution in [2.24, 2.45) is 10.7 Å². The van der Waals surface area contributed by atoms with Crippen LogP contribution >= 0.6 is 0 Å². The van der Waals surface area contributed by atoms with Gasteiger partial charge in [-0.2, -0.15) is 0 Å². The number of amidine groups is 1. The molecule has 2 aliphatic rings. The molecule has 1 saturated heterocycles. The highest BCUT2D eigenvalue weighted by Gasteiger charge is 2.49. The van der Waals surface area contributed by atoms with Gasteiger partial charge in [-0.1, -0.05) is 6.07 Å². The molecule has 0 bridgehead atoms. The standard InChI is InChI=1S/C21H22F2N4O4/c1-21(19-17(3-2-6-29-19)31-20(24)27-21)13-7-12(4-5-14(13)23)8-16(28)15-9-26-18(10-25-15)30-11-22/h4-5,7,9-10,17,19H,2-3,6,8,11H2,1H3,(H2,24,27)/t17-,19+,21-/m1/s1. The molecule has 4 rings (SSSR count). The third-order valence-electron chi connectivity index (χ3n) is 5.49. The number of nitrogens with two attached hydrogens (primary N) is 1. The molecule has 0 aliphatic carbocycles. The summed E-state index contributed by atoms with van der Waals surface area (Å²) in [5.74, 6) is -0.825. The molecule has 0 amide bonds. The van der Waals surface area contributed by atoms with Crippen molar-refractivity contribution in [3.05, 3.63) is 53.2 Å². The number of ether oxygens (including phenoxy) is 3. The summed E-state index contributed by atoms with van der Waals surface area (Å²) in [4.78, 5) is 24.8. The van der Waals surface area contributed by atoms with E-state index in [1.165, 1.54) is 24.5 Å². The van der Waals surface area contributed by atoms with Crippen LogP contribution in [0.2, 0.25) is 0 Å². The number of halogens is 2. The van der Waals surface area contributed by atoms with Gasteiger partial charge in [0.15, 0.2) is 5.78 Å². The van der Waals surface area contributed by atoms with Gasteiger partial charge in [0, 0.05) is 18.6 Å². The van der Waals surface area contributed by atoms with Gasteiger partial charge in [-0.15, -0.1) is 0 Å². The molecule has 3 atom stereocenters. The van der Waals surface area contributed by atoms with Crippen LogP contribution < -0.4 is 10.5 Å². The zero-order chi connectivity index (χ0) is 22.0. The predicted molar refractivity (Wildman–Crippen MR) is 106 cm³/mol. The van der Waals surface area contributed by atoms with E-state index in [4.69, 9.17) is 15.2 Å². The number of Topliss-reactive ketones (excluding diaryl/α,β-unsaturated/α-hetero) is 1. The van der Waals surface area contributed by atoms with Crippen molar-refractivity contribution in [2.45, 2.75) is 43.9 Å². The average Bonchev–Trinajstić information content (AvgIpc) is 2.75. The maximum Gasteiger partial charge on any atom is 0.283 e. The number of rotatable bonds is 6. The van der Waals surface area contributed by atoms with Crippen LogP contribution in [0.1, 0.15) is 41.4 Å². The van der Waals surface area contributed by atoms with Crippen molar-refractivity contribution in [3.8, 4) is 5.88 Å². The molecule has 0 saturated carbocycles. The molecule has 1 aromatic heterocycles. The summed E-state index contributed by atoms with van der Waals surface area (Å²) in [6.45, 7) is 1.24. The van der Waals surface area contributed by atoms with E-state index in [0.717, 1.165) is 12.8 Å². The molecule has 2 N–H and O–H groups in total. The average molecular weight is 432 g/mol. The Morgan fingerprint density at radius 2 is 2.19 bits per heavy atom. The van der Waals surface area contributed by atoms with E-state index in [1.54, 1.807) is 13.0 Å². The highest BCUT2D eigenvalue weighted by atomic mass is 19.1. The number of aliphatic imine (C=N–C) groups is 1. The van der Waals surface area contributed by atoms with Crippen molar-refractivity contribution < 1.29 is 27.8 Å². The van der Waals surface area contributed by atoms with Crippen LogP contribution in [-0.2, 0) is 21.4 Å². The first-order valence-corrected chi connectivity index (χ1v) is 9.87. The van der Waals surface area contributed by atoms with Crippen LogP contribution in [0.5, 0.6) is 5.88 Å². The third-order valence-corrected chi connectivity index (χ3v) is 5.49. The van der Waals surface area contributed by atoms with Crippen LogP contribution in [-0.4, -0.2) is 47.4 Å². The molecule has 164 valence electrons. The summed E-state index contributed by atoms with van der Waals surface area (Å²) in [7, 11) is 0. The molecular weight excluding hydrogens is 410 g/mol. The number of benzene rings is 1. The van der Waals surface area contributed by atoms with E-state index in [0.29, 0.717) is 12.2 Å². The largest absolute Gasteiger partial charge is 0.459 e. The summed E-state index contributed by atoms with van der Waals surface area (Å²) in [5.41, 5.74) is 5.72. The number of aromatic nitrogens is 2. The van der Waals surface area contributed by atoms with Gasteiger partial charge >= 0.3 is 0 Å². The highest BCUT2D eigenvalue weighted by molar-refractivity contribution is 5.95. The molecular formula is C21H22F2N4O4. The molecule has 1 fully saturated rings. The minimum Gasteiger partial charge on any atom is -0.459 e. The molecule has 0 unspecified atom stereocenters. The Labute approximate surface area is 177 Å². The number of alkyl halides is 1. The van der Waals surface area contributed by atoms with Gasteiger partial charge < -0.3 is 19.9 Å². The van der Waals surface area contributed by atoms with E-state index in [1.807, 2.05) is 0 Å². The zero-order valence-electron chi connectivity index (χ0n) is 16.9. The Morgan fingerprint density at radius 1 is 1.35 bits per heavy atom. The molecule has 0 radical (unpaired) electrons. The fourth-order valence-electron chi connectivity index (χ4n) is 4.02. The fourth-order valence-corrected chi connectivity index (χ4v) is 4.02. The van der Waals surface area contributed by atoms with Crippen LogP contribution in [0.25, 0.3) is 0 Å². The number of carbonyl (C=O) groups excluding carboxylic acids is 1. The zero-order valence-corrected chi connectivity index (χ0v) is 16.9. The summed E-state index contributed by atoms with van der Waals surface area (Å²) >= 11 is 0. The minimum absolute atomic E-state index is 0.0130. The van der Waals surface area contributed by atoms with Crippen LogP contribution in [0.4, 0.5) is 8.78 Å². The number of fused-ring (bicyclic) bond motifs is 1. The van der Waals surface area contributed by atoms with Crippen LogP contribution in [0.15, 0.2) is 35.6 Å². The molecule has 0 spiro atoms. The summed E-state index contributed by atoms with van der Waals surface area (Å²) in [6.07, 6.45) is 3.08. The van der Waals surface area contributed by atoms with Crippen molar-refractivity contribution in [3.63, 3.8) is 0 Å². The number of ketones is 1. The van der Waals surface area contributed by atoms with Gasteiger partial charge in [0.1, 0.15) is 29.3 Å². The van der Waals surface area contributed by atoms with Gasteiger partial charge in [-0.05, 0) is 37.5 Å².